The molecule has 17 heavy (non-hydrogen) atoms. The van der Waals surface area contributed by atoms with E-state index in [1.54, 1.807) is 6.07 Å². The molecule has 1 aromatic rings. The largest absolute Gasteiger partial charge is 0.416 e. The van der Waals surface area contributed by atoms with E-state index in [1.807, 2.05) is 0 Å². The van der Waals surface area contributed by atoms with Crippen molar-refractivity contribution in [1.29, 1.82) is 0 Å². The summed E-state index contributed by atoms with van der Waals surface area (Å²) in [5, 5.41) is 3.23. The number of hydrogen-bond donors (Lipinski definition) is 1. The lowest BCUT2D eigenvalue weighted by atomic mass is 10.1. The molecule has 0 fully saturated rings. The summed E-state index contributed by atoms with van der Waals surface area (Å²) in [6.45, 7) is 3.90. The molecule has 0 heterocycles. The van der Waals surface area contributed by atoms with Gasteiger partial charge in [0.05, 0.1) is 5.56 Å². The Labute approximate surface area is 100 Å². The average Bonchev–Trinajstić information content (AvgIpc) is 2.28. The van der Waals surface area contributed by atoms with Crippen LogP contribution in [-0.4, -0.2) is 13.1 Å². The van der Waals surface area contributed by atoms with E-state index >= 15 is 0 Å². The normalized spacial score (nSPS) is 11.8. The molecular weight excluding hydrogens is 227 g/mol. The van der Waals surface area contributed by atoms with Crippen LogP contribution in [-0.2, 0) is 12.6 Å². The summed E-state index contributed by atoms with van der Waals surface area (Å²) in [5.41, 5.74) is 0.189. The Morgan fingerprint density at radius 1 is 1.18 bits per heavy atom. The van der Waals surface area contributed by atoms with Crippen LogP contribution in [0.15, 0.2) is 24.3 Å². The molecule has 0 atom stereocenters. The third-order valence-electron chi connectivity index (χ3n) is 2.50. The van der Waals surface area contributed by atoms with Gasteiger partial charge in [0.15, 0.2) is 0 Å². The lowest BCUT2D eigenvalue weighted by Gasteiger charge is -2.08. The summed E-state index contributed by atoms with van der Waals surface area (Å²) in [7, 11) is 0. The second-order valence-electron chi connectivity index (χ2n) is 4.05. The molecule has 1 aromatic carbocycles. The van der Waals surface area contributed by atoms with Crippen LogP contribution < -0.4 is 5.32 Å². The first-order valence-corrected chi connectivity index (χ1v) is 5.91. The molecule has 0 saturated carbocycles. The first kappa shape index (κ1) is 14.0. The first-order chi connectivity index (χ1) is 8.04. The Bertz CT molecular complexity index is 334. The van der Waals surface area contributed by atoms with Crippen molar-refractivity contribution in [1.82, 2.24) is 5.32 Å². The predicted molar refractivity (Wildman–Crippen MR) is 62.9 cm³/mol. The number of benzene rings is 1. The number of aryl methyl sites for hydroxylation is 1. The van der Waals surface area contributed by atoms with E-state index < -0.39 is 11.7 Å². The van der Waals surface area contributed by atoms with Crippen LogP contribution >= 0.6 is 0 Å². The van der Waals surface area contributed by atoms with Gasteiger partial charge in [0.25, 0.3) is 0 Å². The lowest BCUT2D eigenvalue weighted by Crippen LogP contribution is -2.16. The summed E-state index contributed by atoms with van der Waals surface area (Å²) in [4.78, 5) is 0. The maximum Gasteiger partial charge on any atom is 0.416 e. The Morgan fingerprint density at radius 3 is 2.59 bits per heavy atom. The number of alkyl halides is 3. The molecule has 1 rings (SSSR count). The van der Waals surface area contributed by atoms with E-state index in [2.05, 4.69) is 12.2 Å². The van der Waals surface area contributed by atoms with E-state index in [1.165, 1.54) is 12.1 Å². The first-order valence-electron chi connectivity index (χ1n) is 5.91. The van der Waals surface area contributed by atoms with Crippen LogP contribution in [0.25, 0.3) is 0 Å². The summed E-state index contributed by atoms with van der Waals surface area (Å²) < 4.78 is 37.3. The van der Waals surface area contributed by atoms with Crippen LogP contribution in [0.4, 0.5) is 13.2 Å². The van der Waals surface area contributed by atoms with Gasteiger partial charge in [-0.15, -0.1) is 0 Å². The quantitative estimate of drug-likeness (QED) is 0.754. The summed E-state index contributed by atoms with van der Waals surface area (Å²) in [6.07, 6.45) is -1.62. The van der Waals surface area contributed by atoms with E-state index in [0.717, 1.165) is 37.6 Å². The fourth-order valence-corrected chi connectivity index (χ4v) is 1.62. The molecular formula is C13H18F3N. The fourth-order valence-electron chi connectivity index (χ4n) is 1.62. The number of halogens is 3. The van der Waals surface area contributed by atoms with Crippen molar-refractivity contribution in [2.75, 3.05) is 13.1 Å². The molecule has 0 spiro atoms. The van der Waals surface area contributed by atoms with Crippen LogP contribution in [0, 0.1) is 0 Å². The second kappa shape index (κ2) is 6.64. The Balaban J connectivity index is 2.44. The minimum absolute atomic E-state index is 0.559. The van der Waals surface area contributed by atoms with Crippen molar-refractivity contribution in [2.24, 2.45) is 0 Å². The van der Waals surface area contributed by atoms with Crippen LogP contribution in [0.2, 0.25) is 0 Å². The smallest absolute Gasteiger partial charge is 0.317 e. The summed E-state index contributed by atoms with van der Waals surface area (Å²) >= 11 is 0. The molecule has 4 heteroatoms. The maximum absolute atomic E-state index is 12.4. The van der Waals surface area contributed by atoms with Gasteiger partial charge >= 0.3 is 6.18 Å². The van der Waals surface area contributed by atoms with Crippen LogP contribution in [0.3, 0.4) is 0 Å². The molecule has 1 N–H and O–H groups in total. The van der Waals surface area contributed by atoms with Gasteiger partial charge in [-0.25, -0.2) is 0 Å². The van der Waals surface area contributed by atoms with Gasteiger partial charge in [0.1, 0.15) is 0 Å². The van der Waals surface area contributed by atoms with Crippen molar-refractivity contribution in [3.05, 3.63) is 35.4 Å². The maximum atomic E-state index is 12.4. The van der Waals surface area contributed by atoms with Gasteiger partial charge in [0.2, 0.25) is 0 Å². The van der Waals surface area contributed by atoms with Crippen molar-refractivity contribution >= 4 is 0 Å². The third-order valence-corrected chi connectivity index (χ3v) is 2.50. The number of hydrogen-bond acceptors (Lipinski definition) is 1. The average molecular weight is 245 g/mol. The highest BCUT2D eigenvalue weighted by Crippen LogP contribution is 2.29. The van der Waals surface area contributed by atoms with E-state index in [4.69, 9.17) is 0 Å². The molecule has 0 aromatic heterocycles. The van der Waals surface area contributed by atoms with Gasteiger partial charge in [-0.3, -0.25) is 0 Å². The number of rotatable bonds is 6. The standard InChI is InChI=1S/C13H18F3N/c1-2-8-17-9-4-6-11-5-3-7-12(10-11)13(14,15)16/h3,5,7,10,17H,2,4,6,8-9H2,1H3. The summed E-state index contributed by atoms with van der Waals surface area (Å²) in [5.74, 6) is 0. The van der Waals surface area contributed by atoms with E-state index in [9.17, 15) is 13.2 Å². The van der Waals surface area contributed by atoms with Crippen LogP contribution in [0.5, 0.6) is 0 Å². The Hall–Kier alpha value is -1.03. The van der Waals surface area contributed by atoms with Crippen molar-refractivity contribution < 1.29 is 13.2 Å². The monoisotopic (exact) mass is 245 g/mol. The minimum atomic E-state index is -4.24. The Morgan fingerprint density at radius 2 is 1.94 bits per heavy atom. The van der Waals surface area contributed by atoms with E-state index in [0.29, 0.717) is 6.42 Å². The van der Waals surface area contributed by atoms with E-state index in [-0.39, 0.29) is 0 Å². The molecule has 1 nitrogen and oxygen atoms in total. The molecule has 0 aliphatic heterocycles. The summed E-state index contributed by atoms with van der Waals surface area (Å²) in [6, 6.07) is 5.56. The highest BCUT2D eigenvalue weighted by atomic mass is 19.4. The molecule has 0 radical (unpaired) electrons. The second-order valence-corrected chi connectivity index (χ2v) is 4.05. The predicted octanol–water partition coefficient (Wildman–Crippen LogP) is 3.64. The van der Waals surface area contributed by atoms with Gasteiger partial charge in [-0.1, -0.05) is 25.1 Å². The SMILES string of the molecule is CCCNCCCc1cccc(C(F)(F)F)c1. The zero-order valence-electron chi connectivity index (χ0n) is 9.98. The van der Waals surface area contributed by atoms with Gasteiger partial charge in [-0.2, -0.15) is 13.2 Å². The molecule has 0 amide bonds. The molecule has 0 bridgehead atoms. The minimum Gasteiger partial charge on any atom is -0.317 e. The molecule has 0 aliphatic rings. The highest BCUT2D eigenvalue weighted by molar-refractivity contribution is 5.25. The van der Waals surface area contributed by atoms with Crippen molar-refractivity contribution in [3.63, 3.8) is 0 Å². The van der Waals surface area contributed by atoms with Crippen molar-refractivity contribution in [2.45, 2.75) is 32.4 Å². The molecule has 96 valence electrons. The highest BCUT2D eigenvalue weighted by Gasteiger charge is 2.30. The molecule has 0 aliphatic carbocycles. The lowest BCUT2D eigenvalue weighted by molar-refractivity contribution is -0.137. The topological polar surface area (TPSA) is 12.0 Å². The zero-order chi connectivity index (χ0) is 12.7. The number of nitrogens with one attached hydrogen (secondary N) is 1. The zero-order valence-corrected chi connectivity index (χ0v) is 9.98. The van der Waals surface area contributed by atoms with Crippen molar-refractivity contribution in [3.8, 4) is 0 Å². The van der Waals surface area contributed by atoms with Gasteiger partial charge < -0.3 is 5.32 Å². The molecule has 0 saturated heterocycles. The Kier molecular flexibility index (Phi) is 5.48. The fraction of sp³-hybridized carbons (Fsp3) is 0.538. The third kappa shape index (κ3) is 5.22. The van der Waals surface area contributed by atoms with Gasteiger partial charge in [-0.05, 0) is 44.0 Å². The van der Waals surface area contributed by atoms with Gasteiger partial charge in [0, 0.05) is 0 Å². The van der Waals surface area contributed by atoms with Crippen LogP contribution in [0.1, 0.15) is 30.9 Å². The molecule has 0 unspecified atom stereocenters.